The monoisotopic (exact) mass is 164 g/mol. The lowest BCUT2D eigenvalue weighted by atomic mass is 10.5. The van der Waals surface area contributed by atoms with E-state index in [9.17, 15) is 0 Å². The highest BCUT2D eigenvalue weighted by Crippen LogP contribution is 2.12. The van der Waals surface area contributed by atoms with Gasteiger partial charge in [-0.05, 0) is 13.8 Å². The predicted octanol–water partition coefficient (Wildman–Crippen LogP) is 0.352. The van der Waals surface area contributed by atoms with Gasteiger partial charge in [-0.3, -0.25) is 0 Å². The zero-order valence-electron chi connectivity index (χ0n) is 7.29. The molecular formula is C7H16O4. The third kappa shape index (κ3) is 3.16. The van der Waals surface area contributed by atoms with Crippen LogP contribution in [-0.4, -0.2) is 38.0 Å². The summed E-state index contributed by atoms with van der Waals surface area (Å²) in [6.45, 7) is 4.19. The van der Waals surface area contributed by atoms with E-state index in [2.05, 4.69) is 0 Å². The topological polar surface area (TPSA) is 47.9 Å². The van der Waals surface area contributed by atoms with E-state index in [0.717, 1.165) is 0 Å². The fourth-order valence-corrected chi connectivity index (χ4v) is 0.755. The van der Waals surface area contributed by atoms with E-state index in [-0.39, 0.29) is 6.61 Å². The van der Waals surface area contributed by atoms with Crippen molar-refractivity contribution in [3.05, 3.63) is 0 Å². The number of aliphatic hydroxyl groups is 1. The fraction of sp³-hybridized carbons (Fsp3) is 1.00. The van der Waals surface area contributed by atoms with Crippen molar-refractivity contribution in [2.45, 2.75) is 19.8 Å². The molecule has 68 valence electrons. The van der Waals surface area contributed by atoms with E-state index >= 15 is 0 Å². The minimum atomic E-state index is -1.26. The second kappa shape index (κ2) is 5.49. The minimum Gasteiger partial charge on any atom is -0.388 e. The molecule has 0 bridgehead atoms. The third-order valence-electron chi connectivity index (χ3n) is 1.23. The van der Waals surface area contributed by atoms with Crippen molar-refractivity contribution < 1.29 is 19.3 Å². The molecule has 0 saturated carbocycles. The van der Waals surface area contributed by atoms with Crippen LogP contribution in [0.1, 0.15) is 13.8 Å². The Morgan fingerprint density at radius 1 is 1.18 bits per heavy atom. The summed E-state index contributed by atoms with van der Waals surface area (Å²) in [6.07, 6.45) is 0. The summed E-state index contributed by atoms with van der Waals surface area (Å²) in [7, 11) is 1.43. The van der Waals surface area contributed by atoms with Crippen LogP contribution in [0.15, 0.2) is 0 Å². The van der Waals surface area contributed by atoms with E-state index in [1.807, 2.05) is 13.8 Å². The van der Waals surface area contributed by atoms with Crippen molar-refractivity contribution in [2.75, 3.05) is 26.9 Å². The Bertz CT molecular complexity index is 82.4. The highest BCUT2D eigenvalue weighted by atomic mass is 16.9. The second-order valence-electron chi connectivity index (χ2n) is 1.91. The van der Waals surface area contributed by atoms with Crippen LogP contribution in [0.5, 0.6) is 0 Å². The van der Waals surface area contributed by atoms with Crippen molar-refractivity contribution in [3.8, 4) is 0 Å². The summed E-state index contributed by atoms with van der Waals surface area (Å²) in [4.78, 5) is 0. The summed E-state index contributed by atoms with van der Waals surface area (Å²) >= 11 is 0. The first-order valence-corrected chi connectivity index (χ1v) is 3.68. The predicted molar refractivity (Wildman–Crippen MR) is 40.1 cm³/mol. The molecule has 4 nitrogen and oxygen atoms in total. The number of aliphatic hydroxyl groups excluding tert-OH is 1. The van der Waals surface area contributed by atoms with Gasteiger partial charge in [0.2, 0.25) is 0 Å². The Hall–Kier alpha value is -0.160. The van der Waals surface area contributed by atoms with Gasteiger partial charge in [-0.15, -0.1) is 0 Å². The summed E-state index contributed by atoms with van der Waals surface area (Å²) in [5, 5.41) is 8.86. The third-order valence-corrected chi connectivity index (χ3v) is 1.23. The zero-order chi connectivity index (χ0) is 8.74. The first-order valence-electron chi connectivity index (χ1n) is 3.68. The minimum absolute atomic E-state index is 0.300. The molecular weight excluding hydrogens is 148 g/mol. The molecule has 11 heavy (non-hydrogen) atoms. The van der Waals surface area contributed by atoms with Crippen LogP contribution < -0.4 is 0 Å². The van der Waals surface area contributed by atoms with Crippen LogP contribution >= 0.6 is 0 Å². The van der Waals surface area contributed by atoms with Gasteiger partial charge in [-0.25, -0.2) is 0 Å². The van der Waals surface area contributed by atoms with Crippen molar-refractivity contribution in [3.63, 3.8) is 0 Å². The van der Waals surface area contributed by atoms with Gasteiger partial charge in [0.25, 0.3) is 0 Å². The molecule has 1 N–H and O–H groups in total. The Labute approximate surface area is 67.1 Å². The highest BCUT2D eigenvalue weighted by molar-refractivity contribution is 4.52. The van der Waals surface area contributed by atoms with Crippen LogP contribution in [-0.2, 0) is 14.2 Å². The molecule has 0 fully saturated rings. The van der Waals surface area contributed by atoms with E-state index in [1.165, 1.54) is 7.11 Å². The van der Waals surface area contributed by atoms with Gasteiger partial charge in [0.15, 0.2) is 0 Å². The lowest BCUT2D eigenvalue weighted by Gasteiger charge is -2.28. The van der Waals surface area contributed by atoms with Crippen LogP contribution in [0.4, 0.5) is 0 Å². The average Bonchev–Trinajstić information content (AvgIpc) is 2.04. The molecule has 0 aromatic rings. The van der Waals surface area contributed by atoms with Crippen molar-refractivity contribution >= 4 is 0 Å². The summed E-state index contributed by atoms with van der Waals surface area (Å²) in [5.74, 6) is -1.26. The highest BCUT2D eigenvalue weighted by Gasteiger charge is 2.30. The lowest BCUT2D eigenvalue weighted by Crippen LogP contribution is -2.42. The number of rotatable bonds is 6. The molecule has 0 aliphatic heterocycles. The lowest BCUT2D eigenvalue weighted by molar-refractivity contribution is -0.380. The fourth-order valence-electron chi connectivity index (χ4n) is 0.755. The van der Waals surface area contributed by atoms with Gasteiger partial charge >= 0.3 is 5.97 Å². The number of ether oxygens (including phenoxy) is 3. The van der Waals surface area contributed by atoms with Crippen LogP contribution in [0.2, 0.25) is 0 Å². The Kier molecular flexibility index (Phi) is 5.41. The first-order chi connectivity index (χ1) is 5.24. The standard InChI is InChI=1S/C7H16O4/c1-4-10-7(6-8,9-3)11-5-2/h8H,4-6H2,1-3H3. The molecule has 0 atom stereocenters. The van der Waals surface area contributed by atoms with Gasteiger partial charge in [-0.2, -0.15) is 0 Å². The molecule has 0 aliphatic rings. The van der Waals surface area contributed by atoms with E-state index < -0.39 is 5.97 Å². The molecule has 0 unspecified atom stereocenters. The number of hydrogen-bond donors (Lipinski definition) is 1. The maximum Gasteiger partial charge on any atom is 0.307 e. The normalized spacial score (nSPS) is 12.0. The molecule has 0 spiro atoms. The van der Waals surface area contributed by atoms with Crippen molar-refractivity contribution in [1.29, 1.82) is 0 Å². The molecule has 0 aliphatic carbocycles. The van der Waals surface area contributed by atoms with Gasteiger partial charge in [0.1, 0.15) is 6.61 Å². The quantitative estimate of drug-likeness (QED) is 0.575. The molecule has 0 rings (SSSR count). The maximum atomic E-state index is 8.86. The molecule has 0 heterocycles. The Balaban J connectivity index is 3.96. The molecule has 0 saturated heterocycles. The number of methoxy groups -OCH3 is 1. The molecule has 0 amide bonds. The van der Waals surface area contributed by atoms with Gasteiger partial charge in [0.05, 0.1) is 0 Å². The Morgan fingerprint density at radius 2 is 1.64 bits per heavy atom. The summed E-state index contributed by atoms with van der Waals surface area (Å²) < 4.78 is 15.0. The van der Waals surface area contributed by atoms with Gasteiger partial charge in [-0.1, -0.05) is 0 Å². The molecule has 0 aromatic heterocycles. The number of hydrogen-bond acceptors (Lipinski definition) is 4. The largest absolute Gasteiger partial charge is 0.388 e. The summed E-state index contributed by atoms with van der Waals surface area (Å²) in [6, 6.07) is 0. The Morgan fingerprint density at radius 3 is 1.82 bits per heavy atom. The van der Waals surface area contributed by atoms with Crippen molar-refractivity contribution in [1.82, 2.24) is 0 Å². The van der Waals surface area contributed by atoms with Gasteiger partial charge < -0.3 is 19.3 Å². The second-order valence-corrected chi connectivity index (χ2v) is 1.91. The SMILES string of the molecule is CCOC(CO)(OC)OCC. The smallest absolute Gasteiger partial charge is 0.307 e. The van der Waals surface area contributed by atoms with Crippen LogP contribution in [0, 0.1) is 0 Å². The van der Waals surface area contributed by atoms with E-state index in [1.54, 1.807) is 0 Å². The van der Waals surface area contributed by atoms with Crippen LogP contribution in [0.25, 0.3) is 0 Å². The van der Waals surface area contributed by atoms with E-state index in [0.29, 0.717) is 13.2 Å². The molecule has 0 radical (unpaired) electrons. The average molecular weight is 164 g/mol. The molecule has 4 heteroatoms. The first kappa shape index (κ1) is 10.8. The molecule has 0 aromatic carbocycles. The van der Waals surface area contributed by atoms with Crippen LogP contribution in [0.3, 0.4) is 0 Å². The van der Waals surface area contributed by atoms with E-state index in [4.69, 9.17) is 19.3 Å². The van der Waals surface area contributed by atoms with Gasteiger partial charge in [0, 0.05) is 20.3 Å². The summed E-state index contributed by atoms with van der Waals surface area (Å²) in [5.41, 5.74) is 0. The zero-order valence-corrected chi connectivity index (χ0v) is 7.29. The van der Waals surface area contributed by atoms with Crippen molar-refractivity contribution in [2.24, 2.45) is 0 Å². The maximum absolute atomic E-state index is 8.86.